The second-order valence-electron chi connectivity index (χ2n) is 6.04. The monoisotopic (exact) mass is 329 g/mol. The smallest absolute Gasteiger partial charge is 0.336 e. The molecule has 1 unspecified atom stereocenters. The predicted octanol–water partition coefficient (Wildman–Crippen LogP) is 1.78. The quantitative estimate of drug-likeness (QED) is 0.858. The molecular weight excluding hydrogens is 306 g/mol. The standard InChI is InChI=1S/C15H23NO5S/c1-9-7-8-12(10(2)13(9)14(17)18)22(20,21)16(6)11(3)15(4,5)19/h7-8,11,19H,1-6H3,(H,17,18). The lowest BCUT2D eigenvalue weighted by atomic mass is 10.0. The van der Waals surface area contributed by atoms with Crippen LogP contribution in [0.4, 0.5) is 0 Å². The molecule has 0 saturated carbocycles. The summed E-state index contributed by atoms with van der Waals surface area (Å²) in [5.41, 5.74) is -0.536. The SMILES string of the molecule is Cc1ccc(S(=O)(=O)N(C)C(C)C(C)(C)O)c(C)c1C(=O)O. The van der Waals surface area contributed by atoms with E-state index in [2.05, 4.69) is 0 Å². The van der Waals surface area contributed by atoms with Crippen LogP contribution < -0.4 is 0 Å². The molecule has 22 heavy (non-hydrogen) atoms. The van der Waals surface area contributed by atoms with Crippen molar-refractivity contribution in [2.24, 2.45) is 0 Å². The summed E-state index contributed by atoms with van der Waals surface area (Å²) in [5, 5.41) is 19.3. The number of likely N-dealkylation sites (N-methyl/N-ethyl adjacent to an activating group) is 1. The van der Waals surface area contributed by atoms with Crippen LogP contribution in [0.2, 0.25) is 0 Å². The van der Waals surface area contributed by atoms with Crippen LogP contribution in [0.25, 0.3) is 0 Å². The van der Waals surface area contributed by atoms with Crippen LogP contribution in [0.1, 0.15) is 42.3 Å². The Morgan fingerprint density at radius 1 is 1.27 bits per heavy atom. The number of carboxylic acid groups (broad SMARTS) is 1. The highest BCUT2D eigenvalue weighted by Gasteiger charge is 2.35. The van der Waals surface area contributed by atoms with Gasteiger partial charge in [0.2, 0.25) is 10.0 Å². The fourth-order valence-electron chi connectivity index (χ4n) is 2.24. The van der Waals surface area contributed by atoms with E-state index in [1.54, 1.807) is 13.8 Å². The molecule has 1 atom stereocenters. The van der Waals surface area contributed by atoms with Gasteiger partial charge in [-0.1, -0.05) is 6.07 Å². The van der Waals surface area contributed by atoms with Gasteiger partial charge in [-0.15, -0.1) is 0 Å². The van der Waals surface area contributed by atoms with Crippen LogP contribution in [0.15, 0.2) is 17.0 Å². The average Bonchev–Trinajstić information content (AvgIpc) is 2.34. The van der Waals surface area contributed by atoms with Crippen molar-refractivity contribution in [2.45, 2.75) is 51.2 Å². The van der Waals surface area contributed by atoms with Crippen molar-refractivity contribution in [1.82, 2.24) is 4.31 Å². The third kappa shape index (κ3) is 3.31. The topological polar surface area (TPSA) is 94.9 Å². The van der Waals surface area contributed by atoms with Crippen molar-refractivity contribution < 1.29 is 23.4 Å². The summed E-state index contributed by atoms with van der Waals surface area (Å²) < 4.78 is 26.6. The summed E-state index contributed by atoms with van der Waals surface area (Å²) in [5.74, 6) is -1.16. The number of carbonyl (C=O) groups is 1. The zero-order valence-corrected chi connectivity index (χ0v) is 14.5. The molecule has 6 nitrogen and oxygen atoms in total. The molecule has 0 fully saturated rings. The van der Waals surface area contributed by atoms with Crippen molar-refractivity contribution in [3.05, 3.63) is 28.8 Å². The maximum atomic E-state index is 12.7. The summed E-state index contributed by atoms with van der Waals surface area (Å²) in [6.45, 7) is 7.74. The van der Waals surface area contributed by atoms with Gasteiger partial charge in [-0.05, 0) is 51.8 Å². The first-order valence-corrected chi connectivity index (χ1v) is 8.29. The first-order valence-electron chi connectivity index (χ1n) is 6.85. The Morgan fingerprint density at radius 3 is 2.18 bits per heavy atom. The number of carboxylic acids is 1. The Balaban J connectivity index is 3.48. The van der Waals surface area contributed by atoms with Crippen LogP contribution in [-0.2, 0) is 10.0 Å². The predicted molar refractivity (Wildman–Crippen MR) is 83.6 cm³/mol. The second-order valence-corrected chi connectivity index (χ2v) is 8.00. The maximum Gasteiger partial charge on any atom is 0.336 e. The van der Waals surface area contributed by atoms with E-state index < -0.39 is 27.6 Å². The zero-order chi connectivity index (χ0) is 17.5. The Kier molecular flexibility index (Phi) is 5.06. The van der Waals surface area contributed by atoms with Crippen molar-refractivity contribution >= 4 is 16.0 Å². The second kappa shape index (κ2) is 5.98. The van der Waals surface area contributed by atoms with E-state index in [0.717, 1.165) is 4.31 Å². The van der Waals surface area contributed by atoms with Gasteiger partial charge in [-0.3, -0.25) is 0 Å². The van der Waals surface area contributed by atoms with Gasteiger partial charge in [0, 0.05) is 7.05 Å². The highest BCUT2D eigenvalue weighted by Crippen LogP contribution is 2.27. The highest BCUT2D eigenvalue weighted by molar-refractivity contribution is 7.89. The lowest BCUT2D eigenvalue weighted by Crippen LogP contribution is -2.48. The molecule has 0 aliphatic carbocycles. The minimum Gasteiger partial charge on any atom is -0.478 e. The fourth-order valence-corrected chi connectivity index (χ4v) is 3.96. The van der Waals surface area contributed by atoms with Gasteiger partial charge in [-0.2, -0.15) is 4.31 Å². The van der Waals surface area contributed by atoms with E-state index in [1.807, 2.05) is 0 Å². The molecule has 0 spiro atoms. The van der Waals surface area contributed by atoms with Crippen LogP contribution >= 0.6 is 0 Å². The van der Waals surface area contributed by atoms with Gasteiger partial charge in [0.15, 0.2) is 0 Å². The molecule has 0 saturated heterocycles. The average molecular weight is 329 g/mol. The number of aryl methyl sites for hydroxylation is 1. The van der Waals surface area contributed by atoms with E-state index >= 15 is 0 Å². The number of hydrogen-bond acceptors (Lipinski definition) is 4. The first kappa shape index (κ1) is 18.6. The summed E-state index contributed by atoms with van der Waals surface area (Å²) in [7, 11) is -2.54. The van der Waals surface area contributed by atoms with E-state index in [4.69, 9.17) is 0 Å². The normalized spacial score (nSPS) is 14.2. The summed E-state index contributed by atoms with van der Waals surface area (Å²) in [4.78, 5) is 11.3. The number of hydrogen-bond donors (Lipinski definition) is 2. The molecule has 0 aromatic heterocycles. The summed E-state index contributed by atoms with van der Waals surface area (Å²) in [6, 6.07) is 2.21. The van der Waals surface area contributed by atoms with Gasteiger partial charge >= 0.3 is 5.97 Å². The van der Waals surface area contributed by atoms with Crippen LogP contribution in [0.5, 0.6) is 0 Å². The maximum absolute atomic E-state index is 12.7. The molecule has 7 heteroatoms. The lowest BCUT2D eigenvalue weighted by Gasteiger charge is -2.33. The van der Waals surface area contributed by atoms with Crippen LogP contribution in [0, 0.1) is 13.8 Å². The molecule has 1 aromatic rings. The molecule has 1 rings (SSSR count). The molecular formula is C15H23NO5S. The molecule has 0 bridgehead atoms. The molecule has 124 valence electrons. The first-order chi connectivity index (χ1) is 9.81. The summed E-state index contributed by atoms with van der Waals surface area (Å²) in [6.07, 6.45) is 0. The van der Waals surface area contributed by atoms with Crippen molar-refractivity contribution in [3.8, 4) is 0 Å². The number of aliphatic hydroxyl groups is 1. The molecule has 0 heterocycles. The number of benzene rings is 1. The van der Waals surface area contributed by atoms with Gasteiger partial charge in [0.05, 0.1) is 22.1 Å². The number of rotatable bonds is 5. The third-order valence-electron chi connectivity index (χ3n) is 4.06. The van der Waals surface area contributed by atoms with Gasteiger partial charge < -0.3 is 10.2 Å². The lowest BCUT2D eigenvalue weighted by molar-refractivity contribution is 0.0224. The molecule has 0 aliphatic heterocycles. The van der Waals surface area contributed by atoms with Gasteiger partial charge in [0.25, 0.3) is 0 Å². The third-order valence-corrected chi connectivity index (χ3v) is 6.13. The van der Waals surface area contributed by atoms with E-state index in [1.165, 1.54) is 40.0 Å². The minimum atomic E-state index is -3.91. The Labute approximate surface area is 131 Å². The highest BCUT2D eigenvalue weighted by atomic mass is 32.2. The number of sulfonamides is 1. The molecule has 1 aromatic carbocycles. The largest absolute Gasteiger partial charge is 0.478 e. The number of aromatic carboxylic acids is 1. The molecule has 0 amide bonds. The van der Waals surface area contributed by atoms with Crippen molar-refractivity contribution in [3.63, 3.8) is 0 Å². The fraction of sp³-hybridized carbons (Fsp3) is 0.533. The van der Waals surface area contributed by atoms with Gasteiger partial charge in [0.1, 0.15) is 0 Å². The Morgan fingerprint density at radius 2 is 1.77 bits per heavy atom. The molecule has 0 aliphatic rings. The van der Waals surface area contributed by atoms with Crippen molar-refractivity contribution in [1.29, 1.82) is 0 Å². The van der Waals surface area contributed by atoms with E-state index in [0.29, 0.717) is 5.56 Å². The minimum absolute atomic E-state index is 0.00890. The van der Waals surface area contributed by atoms with Gasteiger partial charge in [-0.25, -0.2) is 13.2 Å². The van der Waals surface area contributed by atoms with E-state index in [9.17, 15) is 23.4 Å². The Hall–Kier alpha value is -1.44. The number of nitrogens with zero attached hydrogens (tertiary/aromatic N) is 1. The summed E-state index contributed by atoms with van der Waals surface area (Å²) >= 11 is 0. The molecule has 0 radical (unpaired) electrons. The Bertz CT molecular complexity index is 689. The molecule has 2 N–H and O–H groups in total. The van der Waals surface area contributed by atoms with Crippen molar-refractivity contribution in [2.75, 3.05) is 7.05 Å². The zero-order valence-electron chi connectivity index (χ0n) is 13.7. The van der Waals surface area contributed by atoms with Crippen LogP contribution in [0.3, 0.4) is 0 Å². The van der Waals surface area contributed by atoms with Crippen LogP contribution in [-0.4, -0.2) is 47.6 Å². The van der Waals surface area contributed by atoms with E-state index in [-0.39, 0.29) is 16.0 Å².